The predicted molar refractivity (Wildman–Crippen MR) is 45.1 cm³/mol. The van der Waals surface area contributed by atoms with Gasteiger partial charge in [-0.05, 0) is 30.4 Å². The number of carbonyl (C=O) groups excluding carboxylic acids is 1. The van der Waals surface area contributed by atoms with Crippen molar-refractivity contribution in [2.24, 2.45) is 0 Å². The molecule has 0 aliphatic carbocycles. The van der Waals surface area contributed by atoms with E-state index in [2.05, 4.69) is 4.29 Å². The van der Waals surface area contributed by atoms with Crippen molar-refractivity contribution in [2.45, 2.75) is 13.8 Å². The Hall–Kier alpha value is -0.540. The van der Waals surface area contributed by atoms with Crippen molar-refractivity contribution in [1.82, 2.24) is 0 Å². The molecule has 0 saturated heterocycles. The first-order valence-electron chi connectivity index (χ1n) is 3.04. The molecule has 1 aromatic rings. The molecule has 4 heteroatoms. The maximum Gasteiger partial charge on any atom is 0.366 e. The number of halogens is 1. The minimum Gasteiger partial charge on any atom is -0.342 e. The Morgan fingerprint density at radius 1 is 1.64 bits per heavy atom. The molecule has 0 radical (unpaired) electrons. The molecule has 0 amide bonds. The van der Waals surface area contributed by atoms with Crippen molar-refractivity contribution < 1.29 is 9.08 Å². The number of thiophene rings is 1. The van der Waals surface area contributed by atoms with Crippen LogP contribution in [0.5, 0.6) is 0 Å². The smallest absolute Gasteiger partial charge is 0.342 e. The first-order valence-corrected chi connectivity index (χ1v) is 4.23. The summed E-state index contributed by atoms with van der Waals surface area (Å²) < 4.78 is 4.07. The fourth-order valence-electron chi connectivity index (χ4n) is 0.739. The summed E-state index contributed by atoms with van der Waals surface area (Å²) in [7, 11) is 0. The molecule has 0 aliphatic rings. The van der Waals surface area contributed by atoms with Crippen molar-refractivity contribution in [1.29, 1.82) is 0 Å². The molecule has 0 aromatic carbocycles. The first kappa shape index (κ1) is 8.56. The standard InChI is InChI=1S/C7H7ClO2S/c1-4-3-11-6(5(4)2)7(9)10-8/h3H,1-2H3. The Balaban J connectivity index is 3.04. The fourth-order valence-corrected chi connectivity index (χ4v) is 1.81. The molecule has 2 nitrogen and oxygen atoms in total. The highest BCUT2D eigenvalue weighted by Gasteiger charge is 2.13. The van der Waals surface area contributed by atoms with Gasteiger partial charge in [-0.3, -0.25) is 0 Å². The van der Waals surface area contributed by atoms with Crippen LogP contribution in [0.15, 0.2) is 5.38 Å². The van der Waals surface area contributed by atoms with E-state index in [0.29, 0.717) is 4.88 Å². The molecule has 0 spiro atoms. The van der Waals surface area contributed by atoms with Gasteiger partial charge in [0, 0.05) is 0 Å². The highest BCUT2D eigenvalue weighted by molar-refractivity contribution is 7.12. The Bertz CT molecular complexity index is 280. The first-order chi connectivity index (χ1) is 5.16. The second kappa shape index (κ2) is 3.24. The van der Waals surface area contributed by atoms with Gasteiger partial charge < -0.3 is 4.29 Å². The molecule has 0 unspecified atom stereocenters. The van der Waals surface area contributed by atoms with Gasteiger partial charge in [-0.25, -0.2) is 4.79 Å². The minimum absolute atomic E-state index is 0.470. The number of hydrogen-bond donors (Lipinski definition) is 0. The van der Waals surface area contributed by atoms with Gasteiger partial charge in [0.25, 0.3) is 0 Å². The molecule has 0 N–H and O–H groups in total. The van der Waals surface area contributed by atoms with Crippen molar-refractivity contribution in [2.75, 3.05) is 0 Å². The number of hydrogen-bond acceptors (Lipinski definition) is 3. The molecule has 0 atom stereocenters. The van der Waals surface area contributed by atoms with Crippen molar-refractivity contribution >= 4 is 29.2 Å². The fraction of sp³-hybridized carbons (Fsp3) is 0.286. The normalized spacial score (nSPS) is 9.73. The third-order valence-electron chi connectivity index (χ3n) is 1.54. The Morgan fingerprint density at radius 3 is 2.64 bits per heavy atom. The molecule has 0 saturated carbocycles. The average molecular weight is 191 g/mol. The van der Waals surface area contributed by atoms with Gasteiger partial charge in [0.05, 0.1) is 0 Å². The maximum atomic E-state index is 10.9. The second-order valence-corrected chi connectivity index (χ2v) is 3.27. The number of aryl methyl sites for hydroxylation is 1. The van der Waals surface area contributed by atoms with E-state index in [-0.39, 0.29) is 0 Å². The molecule has 1 aromatic heterocycles. The summed E-state index contributed by atoms with van der Waals surface area (Å²) in [5.41, 5.74) is 2.03. The molecule has 0 fully saturated rings. The highest BCUT2D eigenvalue weighted by Crippen LogP contribution is 2.21. The molecule has 0 aliphatic heterocycles. The van der Waals surface area contributed by atoms with Crippen molar-refractivity contribution in [3.63, 3.8) is 0 Å². The van der Waals surface area contributed by atoms with Gasteiger partial charge in [0.2, 0.25) is 0 Å². The van der Waals surface area contributed by atoms with Crippen LogP contribution in [0.2, 0.25) is 0 Å². The molecular formula is C7H7ClO2S. The zero-order valence-electron chi connectivity index (χ0n) is 6.18. The molecule has 1 rings (SSSR count). The third kappa shape index (κ3) is 1.54. The van der Waals surface area contributed by atoms with Gasteiger partial charge in [-0.1, -0.05) is 0 Å². The van der Waals surface area contributed by atoms with Crippen molar-refractivity contribution in [3.05, 3.63) is 21.4 Å². The van der Waals surface area contributed by atoms with E-state index in [1.54, 1.807) is 0 Å². The van der Waals surface area contributed by atoms with Crippen molar-refractivity contribution in [3.8, 4) is 0 Å². The van der Waals surface area contributed by atoms with Crippen LogP contribution in [0.1, 0.15) is 20.8 Å². The zero-order valence-corrected chi connectivity index (χ0v) is 7.75. The summed E-state index contributed by atoms with van der Waals surface area (Å²) in [5, 5.41) is 1.90. The van der Waals surface area contributed by atoms with Crippen LogP contribution < -0.4 is 0 Å². The van der Waals surface area contributed by atoms with Crippen LogP contribution in [0, 0.1) is 13.8 Å². The molecule has 1 heterocycles. The molecule has 11 heavy (non-hydrogen) atoms. The van der Waals surface area contributed by atoms with E-state index < -0.39 is 5.97 Å². The lowest BCUT2D eigenvalue weighted by Crippen LogP contribution is -1.96. The van der Waals surface area contributed by atoms with Gasteiger partial charge in [-0.15, -0.1) is 11.3 Å². The average Bonchev–Trinajstić information content (AvgIpc) is 2.32. The summed E-state index contributed by atoms with van der Waals surface area (Å²) in [6.07, 6.45) is 0. The lowest BCUT2D eigenvalue weighted by molar-refractivity contribution is 0.0755. The van der Waals surface area contributed by atoms with Crippen LogP contribution in [-0.2, 0) is 4.29 Å². The monoisotopic (exact) mass is 190 g/mol. The molecule has 0 bridgehead atoms. The lowest BCUT2D eigenvalue weighted by atomic mass is 10.2. The van der Waals surface area contributed by atoms with Crippen LogP contribution in [0.3, 0.4) is 0 Å². The Labute approximate surface area is 73.9 Å². The zero-order chi connectivity index (χ0) is 8.43. The maximum absolute atomic E-state index is 10.9. The van der Waals surface area contributed by atoms with Gasteiger partial charge >= 0.3 is 5.97 Å². The van der Waals surface area contributed by atoms with Crippen LogP contribution in [0.25, 0.3) is 0 Å². The minimum atomic E-state index is -0.470. The van der Waals surface area contributed by atoms with E-state index in [1.807, 2.05) is 19.2 Å². The van der Waals surface area contributed by atoms with Crippen LogP contribution in [-0.4, -0.2) is 5.97 Å². The topological polar surface area (TPSA) is 26.3 Å². The summed E-state index contributed by atoms with van der Waals surface area (Å²) in [4.78, 5) is 11.5. The van der Waals surface area contributed by atoms with E-state index in [4.69, 9.17) is 11.9 Å². The molecular weight excluding hydrogens is 184 g/mol. The Kier molecular flexibility index (Phi) is 2.52. The summed E-state index contributed by atoms with van der Waals surface area (Å²) >= 11 is 6.27. The largest absolute Gasteiger partial charge is 0.366 e. The molecule has 60 valence electrons. The summed E-state index contributed by atoms with van der Waals surface area (Å²) in [5.74, 6) is -0.470. The van der Waals surface area contributed by atoms with E-state index in [1.165, 1.54) is 11.3 Å². The van der Waals surface area contributed by atoms with E-state index in [9.17, 15) is 4.79 Å². The second-order valence-electron chi connectivity index (χ2n) is 2.24. The summed E-state index contributed by atoms with van der Waals surface area (Å²) in [6, 6.07) is 0. The van der Waals surface area contributed by atoms with Gasteiger partial charge in [0.15, 0.2) is 0 Å². The highest BCUT2D eigenvalue weighted by atomic mass is 35.5. The predicted octanol–water partition coefficient (Wildman–Crippen LogP) is 2.68. The van der Waals surface area contributed by atoms with E-state index in [0.717, 1.165) is 11.1 Å². The number of rotatable bonds is 1. The lowest BCUT2D eigenvalue weighted by Gasteiger charge is -1.93. The Morgan fingerprint density at radius 2 is 2.27 bits per heavy atom. The third-order valence-corrected chi connectivity index (χ3v) is 2.86. The quantitative estimate of drug-likeness (QED) is 0.681. The van der Waals surface area contributed by atoms with Gasteiger partial charge in [-0.2, -0.15) is 0 Å². The van der Waals surface area contributed by atoms with Crippen LogP contribution >= 0.6 is 23.2 Å². The van der Waals surface area contributed by atoms with Gasteiger partial charge in [0.1, 0.15) is 16.7 Å². The summed E-state index contributed by atoms with van der Waals surface area (Å²) in [6.45, 7) is 3.81. The number of carbonyl (C=O) groups is 1. The van der Waals surface area contributed by atoms with Crippen LogP contribution in [0.4, 0.5) is 0 Å². The van der Waals surface area contributed by atoms with E-state index >= 15 is 0 Å². The SMILES string of the molecule is Cc1csc(C(=O)OCl)c1C.